The first-order valence-corrected chi connectivity index (χ1v) is 7.89. The molecule has 0 aromatic heterocycles. The van der Waals surface area contributed by atoms with Gasteiger partial charge in [-0.25, -0.2) is 0 Å². The molecule has 1 aliphatic rings. The first-order chi connectivity index (χ1) is 10.5. The van der Waals surface area contributed by atoms with Gasteiger partial charge < -0.3 is 15.7 Å². The summed E-state index contributed by atoms with van der Waals surface area (Å²) in [7, 11) is 0. The van der Waals surface area contributed by atoms with Gasteiger partial charge in [0.05, 0.1) is 6.54 Å². The fraction of sp³-hybridized carbons (Fsp3) is 0.529. The molecule has 0 radical (unpaired) electrons. The zero-order valence-corrected chi connectivity index (χ0v) is 13.0. The van der Waals surface area contributed by atoms with Crippen molar-refractivity contribution in [3.05, 3.63) is 35.4 Å². The molecule has 0 spiro atoms. The molecule has 3 N–H and O–H groups in total. The van der Waals surface area contributed by atoms with Crippen LogP contribution in [0.2, 0.25) is 0 Å². The highest BCUT2D eigenvalue weighted by atomic mass is 16.3. The average molecular weight is 304 g/mol. The van der Waals surface area contributed by atoms with Crippen LogP contribution in [0.1, 0.15) is 43.7 Å². The predicted octanol–water partition coefficient (Wildman–Crippen LogP) is 1.24. The van der Waals surface area contributed by atoms with Crippen LogP contribution in [0.15, 0.2) is 24.3 Å². The lowest BCUT2D eigenvalue weighted by molar-refractivity contribution is -0.127. The maximum absolute atomic E-state index is 11.8. The van der Waals surface area contributed by atoms with Gasteiger partial charge in [0.2, 0.25) is 11.8 Å². The molecule has 2 amide bonds. The number of aliphatic hydroxyl groups is 1. The van der Waals surface area contributed by atoms with Crippen LogP contribution in [0.3, 0.4) is 0 Å². The van der Waals surface area contributed by atoms with Crippen molar-refractivity contribution in [2.75, 3.05) is 13.1 Å². The summed E-state index contributed by atoms with van der Waals surface area (Å²) in [5.41, 5.74) is 1.05. The number of carbonyl (C=O) groups is 2. The van der Waals surface area contributed by atoms with Gasteiger partial charge >= 0.3 is 0 Å². The van der Waals surface area contributed by atoms with E-state index in [4.69, 9.17) is 0 Å². The largest absolute Gasteiger partial charge is 0.383 e. The Bertz CT molecular complexity index is 544. The molecule has 5 nitrogen and oxygen atoms in total. The van der Waals surface area contributed by atoms with Crippen molar-refractivity contribution < 1.29 is 14.7 Å². The van der Waals surface area contributed by atoms with Crippen molar-refractivity contribution in [1.82, 2.24) is 10.6 Å². The van der Waals surface area contributed by atoms with Crippen molar-refractivity contribution in [3.63, 3.8) is 0 Å². The molecule has 2 rings (SSSR count). The van der Waals surface area contributed by atoms with Crippen molar-refractivity contribution in [1.29, 1.82) is 0 Å². The van der Waals surface area contributed by atoms with E-state index < -0.39 is 5.60 Å². The summed E-state index contributed by atoms with van der Waals surface area (Å²) < 4.78 is 0. The lowest BCUT2D eigenvalue weighted by Crippen LogP contribution is -2.43. The maximum atomic E-state index is 11.8. The molecule has 5 heteroatoms. The lowest BCUT2D eigenvalue weighted by Gasteiger charge is -2.34. The number of fused-ring (bicyclic) bond motifs is 1. The smallest absolute Gasteiger partial charge is 0.220 e. The van der Waals surface area contributed by atoms with E-state index in [0.717, 1.165) is 24.0 Å². The second-order valence-corrected chi connectivity index (χ2v) is 5.77. The second kappa shape index (κ2) is 7.40. The summed E-state index contributed by atoms with van der Waals surface area (Å²) in [6, 6.07) is 7.83. The second-order valence-electron chi connectivity index (χ2n) is 5.77. The Balaban J connectivity index is 1.89. The molecule has 120 valence electrons. The Labute approximate surface area is 131 Å². The van der Waals surface area contributed by atoms with Crippen LogP contribution in [-0.4, -0.2) is 30.0 Å². The molecule has 22 heavy (non-hydrogen) atoms. The first kappa shape index (κ1) is 16.5. The van der Waals surface area contributed by atoms with Gasteiger partial charge in [0.1, 0.15) is 5.60 Å². The number of amides is 2. The van der Waals surface area contributed by atoms with Gasteiger partial charge in [0.15, 0.2) is 0 Å². The van der Waals surface area contributed by atoms with Crippen molar-refractivity contribution in [2.24, 2.45) is 0 Å². The molecule has 0 heterocycles. The summed E-state index contributed by atoms with van der Waals surface area (Å²) in [6.45, 7) is 2.60. The first-order valence-electron chi connectivity index (χ1n) is 7.89. The minimum Gasteiger partial charge on any atom is -0.383 e. The van der Waals surface area contributed by atoms with Gasteiger partial charge in [-0.2, -0.15) is 0 Å². The molecular formula is C17H24N2O3. The van der Waals surface area contributed by atoms with Gasteiger partial charge in [-0.1, -0.05) is 24.3 Å². The quantitative estimate of drug-likeness (QED) is 0.740. The summed E-state index contributed by atoms with van der Waals surface area (Å²) in [4.78, 5) is 23.2. The normalized spacial score (nSPS) is 20.1. The number of nitrogens with one attached hydrogen (secondary N) is 2. The maximum Gasteiger partial charge on any atom is 0.220 e. The summed E-state index contributed by atoms with van der Waals surface area (Å²) in [5.74, 6) is -0.331. The van der Waals surface area contributed by atoms with E-state index in [-0.39, 0.29) is 31.2 Å². The van der Waals surface area contributed by atoms with Gasteiger partial charge in [-0.3, -0.25) is 9.59 Å². The molecule has 0 aliphatic heterocycles. The van der Waals surface area contributed by atoms with Gasteiger partial charge in [0.25, 0.3) is 0 Å². The Hall–Kier alpha value is -1.88. The third-order valence-corrected chi connectivity index (χ3v) is 4.09. The molecule has 1 aromatic carbocycles. The molecule has 1 unspecified atom stereocenters. The molecule has 1 aromatic rings. The number of carbonyl (C=O) groups excluding carboxylic acids is 2. The lowest BCUT2D eigenvalue weighted by atomic mass is 9.79. The van der Waals surface area contributed by atoms with Crippen LogP contribution in [0.5, 0.6) is 0 Å². The van der Waals surface area contributed by atoms with E-state index in [2.05, 4.69) is 10.6 Å². The Kier molecular flexibility index (Phi) is 5.55. The van der Waals surface area contributed by atoms with Gasteiger partial charge in [0, 0.05) is 19.4 Å². The van der Waals surface area contributed by atoms with E-state index in [9.17, 15) is 14.7 Å². The SMILES string of the molecule is CCNC(=O)CCC(=O)NCC1(O)CCCc2ccccc21. The number of benzene rings is 1. The molecule has 0 saturated heterocycles. The number of rotatable bonds is 6. The summed E-state index contributed by atoms with van der Waals surface area (Å²) in [6.07, 6.45) is 2.82. The Morgan fingerprint density at radius 3 is 2.59 bits per heavy atom. The fourth-order valence-electron chi connectivity index (χ4n) is 2.93. The summed E-state index contributed by atoms with van der Waals surface area (Å²) in [5, 5.41) is 16.3. The van der Waals surface area contributed by atoms with Crippen LogP contribution < -0.4 is 10.6 Å². The third kappa shape index (κ3) is 4.07. The number of aryl methyl sites for hydroxylation is 1. The standard InChI is InChI=1S/C17H24N2O3/c1-2-18-15(20)9-10-16(21)19-12-17(22)11-5-7-13-6-3-4-8-14(13)17/h3-4,6,8,22H,2,5,7,9-12H2,1H3,(H,18,20)(H,19,21). The van der Waals surface area contributed by atoms with Crippen LogP contribution in [0.25, 0.3) is 0 Å². The van der Waals surface area contributed by atoms with Crippen LogP contribution >= 0.6 is 0 Å². The zero-order chi connectivity index (χ0) is 16.0. The van der Waals surface area contributed by atoms with Crippen molar-refractivity contribution in [3.8, 4) is 0 Å². The van der Waals surface area contributed by atoms with Crippen molar-refractivity contribution in [2.45, 2.75) is 44.6 Å². The molecule has 0 bridgehead atoms. The van der Waals surface area contributed by atoms with E-state index in [0.29, 0.717) is 13.0 Å². The molecular weight excluding hydrogens is 280 g/mol. The zero-order valence-electron chi connectivity index (χ0n) is 13.0. The Morgan fingerprint density at radius 1 is 1.18 bits per heavy atom. The van der Waals surface area contributed by atoms with Crippen molar-refractivity contribution >= 4 is 11.8 Å². The predicted molar refractivity (Wildman–Crippen MR) is 84.2 cm³/mol. The molecule has 1 aliphatic carbocycles. The minimum absolute atomic E-state index is 0.126. The van der Waals surface area contributed by atoms with Gasteiger partial charge in [-0.05, 0) is 37.3 Å². The van der Waals surface area contributed by atoms with Crippen LogP contribution in [-0.2, 0) is 21.6 Å². The van der Waals surface area contributed by atoms with E-state index in [1.165, 1.54) is 0 Å². The van der Waals surface area contributed by atoms with E-state index in [1.807, 2.05) is 31.2 Å². The number of hydrogen-bond donors (Lipinski definition) is 3. The molecule has 0 saturated carbocycles. The van der Waals surface area contributed by atoms with E-state index >= 15 is 0 Å². The highest BCUT2D eigenvalue weighted by molar-refractivity contribution is 5.83. The van der Waals surface area contributed by atoms with E-state index in [1.54, 1.807) is 0 Å². The fourth-order valence-corrected chi connectivity index (χ4v) is 2.93. The number of hydrogen-bond acceptors (Lipinski definition) is 3. The average Bonchev–Trinajstić information content (AvgIpc) is 2.52. The molecule has 0 fully saturated rings. The summed E-state index contributed by atoms with van der Waals surface area (Å²) >= 11 is 0. The molecule has 1 atom stereocenters. The monoisotopic (exact) mass is 304 g/mol. The van der Waals surface area contributed by atoms with Crippen LogP contribution in [0.4, 0.5) is 0 Å². The van der Waals surface area contributed by atoms with Crippen LogP contribution in [0, 0.1) is 0 Å². The highest BCUT2D eigenvalue weighted by Gasteiger charge is 2.34. The minimum atomic E-state index is -1.00. The Morgan fingerprint density at radius 2 is 1.86 bits per heavy atom. The topological polar surface area (TPSA) is 78.4 Å². The van der Waals surface area contributed by atoms with Gasteiger partial charge in [-0.15, -0.1) is 0 Å². The highest BCUT2D eigenvalue weighted by Crippen LogP contribution is 2.34. The third-order valence-electron chi connectivity index (χ3n) is 4.09.